The number of fused-ring (bicyclic) bond motifs is 1. The quantitative estimate of drug-likeness (QED) is 0.898. The van der Waals surface area contributed by atoms with E-state index in [1.54, 1.807) is 6.07 Å². The summed E-state index contributed by atoms with van der Waals surface area (Å²) in [5, 5.41) is 3.60. The first-order valence-corrected chi connectivity index (χ1v) is 6.02. The van der Waals surface area contributed by atoms with Gasteiger partial charge < -0.3 is 9.73 Å². The minimum atomic E-state index is -2.53. The minimum absolute atomic E-state index is 0.337. The van der Waals surface area contributed by atoms with Crippen molar-refractivity contribution in [3.8, 4) is 0 Å². The van der Waals surface area contributed by atoms with Crippen LogP contribution in [0.2, 0.25) is 0 Å². The van der Waals surface area contributed by atoms with Crippen molar-refractivity contribution in [2.75, 3.05) is 7.05 Å². The molecule has 2 rings (SSSR count). The summed E-state index contributed by atoms with van der Waals surface area (Å²) < 4.78 is 32.2. The van der Waals surface area contributed by atoms with Gasteiger partial charge in [-0.25, -0.2) is 8.78 Å². The molecule has 0 bridgehead atoms. The Bertz CT molecular complexity index is 550. The third-order valence-corrected chi connectivity index (χ3v) is 3.48. The zero-order chi connectivity index (χ0) is 13.3. The molecule has 0 saturated carbocycles. The third kappa shape index (κ3) is 1.81. The smallest absolute Gasteiger partial charge is 0.263 e. The zero-order valence-corrected chi connectivity index (χ0v) is 10.8. The van der Waals surface area contributed by atoms with Crippen LogP contribution < -0.4 is 5.32 Å². The summed E-state index contributed by atoms with van der Waals surface area (Å²) in [6.07, 6.45) is -1.87. The summed E-state index contributed by atoms with van der Waals surface area (Å²) in [6.45, 7) is 3.41. The lowest BCUT2D eigenvalue weighted by atomic mass is 9.94. The lowest BCUT2D eigenvalue weighted by Gasteiger charge is -2.27. The highest BCUT2D eigenvalue weighted by Gasteiger charge is 2.40. The Hall–Kier alpha value is -1.42. The topological polar surface area (TPSA) is 25.2 Å². The number of hydrogen-bond acceptors (Lipinski definition) is 2. The molecule has 4 heteroatoms. The number of alkyl halides is 2. The molecule has 0 aliphatic heterocycles. The number of aryl methyl sites for hydroxylation is 1. The predicted octanol–water partition coefficient (Wildman–Crippen LogP) is 3.69. The fourth-order valence-corrected chi connectivity index (χ4v) is 2.19. The normalized spacial score (nSPS) is 15.2. The molecule has 0 radical (unpaired) electrons. The lowest BCUT2D eigenvalue weighted by Crippen LogP contribution is -2.43. The molecular formula is C14H17F2NO. The Balaban J connectivity index is 2.70. The molecule has 0 aliphatic carbocycles. The van der Waals surface area contributed by atoms with Crippen molar-refractivity contribution in [2.24, 2.45) is 0 Å². The van der Waals surface area contributed by atoms with Gasteiger partial charge in [0.1, 0.15) is 16.9 Å². The largest absolute Gasteiger partial charge is 0.459 e. The van der Waals surface area contributed by atoms with Gasteiger partial charge in [0, 0.05) is 10.9 Å². The van der Waals surface area contributed by atoms with E-state index in [1.807, 2.05) is 25.1 Å². The summed E-state index contributed by atoms with van der Waals surface area (Å²) in [6, 6.07) is 7.44. The van der Waals surface area contributed by atoms with Crippen molar-refractivity contribution in [1.82, 2.24) is 5.32 Å². The van der Waals surface area contributed by atoms with Crippen molar-refractivity contribution in [1.29, 1.82) is 0 Å². The summed E-state index contributed by atoms with van der Waals surface area (Å²) in [4.78, 5) is 0. The van der Waals surface area contributed by atoms with Crippen molar-refractivity contribution >= 4 is 11.0 Å². The molecule has 1 aromatic heterocycles. The van der Waals surface area contributed by atoms with Gasteiger partial charge in [0.25, 0.3) is 6.43 Å². The number of furan rings is 1. The van der Waals surface area contributed by atoms with E-state index < -0.39 is 12.0 Å². The van der Waals surface area contributed by atoms with Crippen molar-refractivity contribution < 1.29 is 13.2 Å². The van der Waals surface area contributed by atoms with Crippen molar-refractivity contribution in [3.05, 3.63) is 35.6 Å². The van der Waals surface area contributed by atoms with Crippen LogP contribution >= 0.6 is 0 Å². The van der Waals surface area contributed by atoms with E-state index in [-0.39, 0.29) is 0 Å². The Morgan fingerprint density at radius 3 is 2.56 bits per heavy atom. The van der Waals surface area contributed by atoms with Gasteiger partial charge in [-0.2, -0.15) is 0 Å². The van der Waals surface area contributed by atoms with Crippen molar-refractivity contribution in [3.63, 3.8) is 0 Å². The fourth-order valence-electron chi connectivity index (χ4n) is 2.19. The van der Waals surface area contributed by atoms with Crippen LogP contribution in [0.3, 0.4) is 0 Å². The van der Waals surface area contributed by atoms with Crippen molar-refractivity contribution in [2.45, 2.75) is 32.2 Å². The highest BCUT2D eigenvalue weighted by molar-refractivity contribution is 5.82. The minimum Gasteiger partial charge on any atom is -0.459 e. The van der Waals surface area contributed by atoms with Crippen LogP contribution in [-0.4, -0.2) is 13.5 Å². The maximum absolute atomic E-state index is 13.3. The first-order chi connectivity index (χ1) is 8.54. The van der Waals surface area contributed by atoms with Gasteiger partial charge in [0.05, 0.1) is 0 Å². The molecule has 0 saturated heterocycles. The average molecular weight is 253 g/mol. The van der Waals surface area contributed by atoms with Gasteiger partial charge in [-0.15, -0.1) is 0 Å². The highest BCUT2D eigenvalue weighted by Crippen LogP contribution is 2.36. The third-order valence-electron chi connectivity index (χ3n) is 3.48. The van der Waals surface area contributed by atoms with E-state index in [4.69, 9.17) is 4.42 Å². The van der Waals surface area contributed by atoms with E-state index in [0.29, 0.717) is 17.8 Å². The van der Waals surface area contributed by atoms with Crippen LogP contribution in [-0.2, 0) is 12.0 Å². The zero-order valence-electron chi connectivity index (χ0n) is 10.8. The Labute approximate surface area is 105 Å². The molecule has 0 amide bonds. The van der Waals surface area contributed by atoms with Crippen LogP contribution in [0.1, 0.15) is 25.2 Å². The van der Waals surface area contributed by atoms with Gasteiger partial charge in [0.15, 0.2) is 0 Å². The summed E-state index contributed by atoms with van der Waals surface area (Å²) in [5.41, 5.74) is 0.0545. The molecule has 98 valence electrons. The molecule has 0 spiro atoms. The number of halogens is 2. The second-order valence-electron chi connectivity index (χ2n) is 4.51. The van der Waals surface area contributed by atoms with Crippen LogP contribution in [0.5, 0.6) is 0 Å². The molecule has 0 aliphatic rings. The van der Waals surface area contributed by atoms with E-state index in [2.05, 4.69) is 5.32 Å². The lowest BCUT2D eigenvalue weighted by molar-refractivity contribution is 0.0306. The molecule has 1 heterocycles. The van der Waals surface area contributed by atoms with E-state index in [1.165, 1.54) is 14.0 Å². The summed E-state index contributed by atoms with van der Waals surface area (Å²) >= 11 is 0. The van der Waals surface area contributed by atoms with E-state index in [9.17, 15) is 8.78 Å². The monoisotopic (exact) mass is 253 g/mol. The van der Waals surface area contributed by atoms with Gasteiger partial charge in [-0.05, 0) is 26.5 Å². The molecule has 2 aromatic rings. The fraction of sp³-hybridized carbons (Fsp3) is 0.429. The van der Waals surface area contributed by atoms with Crippen LogP contribution in [0.25, 0.3) is 11.0 Å². The second kappa shape index (κ2) is 4.69. The molecule has 18 heavy (non-hydrogen) atoms. The molecule has 2 nitrogen and oxygen atoms in total. The Morgan fingerprint density at radius 2 is 2.00 bits per heavy atom. The summed E-state index contributed by atoms with van der Waals surface area (Å²) in [7, 11) is 1.53. The summed E-state index contributed by atoms with van der Waals surface area (Å²) in [5.74, 6) is 0.337. The molecule has 1 unspecified atom stereocenters. The first kappa shape index (κ1) is 13.0. The van der Waals surface area contributed by atoms with Crippen LogP contribution in [0.15, 0.2) is 28.7 Å². The SMILES string of the molecule is CCc1c(C(C)(NC)C(F)F)oc2ccccc12. The standard InChI is InChI=1S/C14H17F2NO/c1-4-9-10-7-5-6-8-11(10)18-12(9)14(2,17-3)13(15)16/h5-8,13,17H,4H2,1-3H3. The predicted molar refractivity (Wildman–Crippen MR) is 68.0 cm³/mol. The van der Waals surface area contributed by atoms with Gasteiger partial charge in [-0.1, -0.05) is 25.1 Å². The number of nitrogens with one attached hydrogen (secondary N) is 1. The molecule has 1 N–H and O–H groups in total. The van der Waals surface area contributed by atoms with Gasteiger partial charge >= 0.3 is 0 Å². The number of rotatable bonds is 4. The number of para-hydroxylation sites is 1. The number of hydrogen-bond donors (Lipinski definition) is 1. The van der Waals surface area contributed by atoms with Crippen LogP contribution in [0.4, 0.5) is 8.78 Å². The second-order valence-corrected chi connectivity index (χ2v) is 4.51. The molecule has 1 atom stereocenters. The average Bonchev–Trinajstić information content (AvgIpc) is 2.76. The molecule has 0 fully saturated rings. The Kier molecular flexibility index (Phi) is 3.39. The van der Waals surface area contributed by atoms with Crippen LogP contribution in [0, 0.1) is 0 Å². The molecule has 1 aromatic carbocycles. The van der Waals surface area contributed by atoms with E-state index >= 15 is 0 Å². The maximum Gasteiger partial charge on any atom is 0.263 e. The highest BCUT2D eigenvalue weighted by atomic mass is 19.3. The first-order valence-electron chi connectivity index (χ1n) is 6.02. The Morgan fingerprint density at radius 1 is 1.33 bits per heavy atom. The van der Waals surface area contributed by atoms with Gasteiger partial charge in [0.2, 0.25) is 0 Å². The molecular weight excluding hydrogens is 236 g/mol. The van der Waals surface area contributed by atoms with Gasteiger partial charge in [-0.3, -0.25) is 0 Å². The number of benzene rings is 1. The maximum atomic E-state index is 13.3. The van der Waals surface area contributed by atoms with E-state index in [0.717, 1.165) is 10.9 Å².